The van der Waals surface area contributed by atoms with Gasteiger partial charge in [0.25, 0.3) is 0 Å². The van der Waals surface area contributed by atoms with Gasteiger partial charge in [0.05, 0.1) is 29.3 Å². The van der Waals surface area contributed by atoms with E-state index in [0.29, 0.717) is 44.6 Å². The number of benzene rings is 2. The average Bonchev–Trinajstić information content (AvgIpc) is 3.89. The molecule has 2 aromatic carbocycles. The molecule has 0 spiro atoms. The summed E-state index contributed by atoms with van der Waals surface area (Å²) in [5.74, 6) is 0.752. The van der Waals surface area contributed by atoms with Crippen LogP contribution in [-0.2, 0) is 29.2 Å². The molecule has 10 nitrogen and oxygen atoms in total. The Morgan fingerprint density at radius 2 is 1.90 bits per heavy atom. The zero-order chi connectivity index (χ0) is 33.5. The SMILES string of the molecule is COCCCN(Cc1cncn1CC1CCN(C(=O)OCc2csc(C(C)C)n2)CC1)C(=O)n1ccc(-c2cccc3ccccc23)c1. The second kappa shape index (κ2) is 15.6. The molecule has 1 saturated heterocycles. The minimum absolute atomic E-state index is 0.0877. The number of hydrogen-bond donors (Lipinski definition) is 0. The molecule has 0 atom stereocenters. The molecule has 5 aromatic rings. The lowest BCUT2D eigenvalue weighted by Crippen LogP contribution is -2.40. The molecule has 1 aliphatic heterocycles. The number of fused-ring (bicyclic) bond motifs is 1. The molecule has 11 heteroatoms. The van der Waals surface area contributed by atoms with Crippen LogP contribution in [0.25, 0.3) is 21.9 Å². The molecule has 6 rings (SSSR count). The molecule has 0 radical (unpaired) electrons. The zero-order valence-corrected chi connectivity index (χ0v) is 28.8. The van der Waals surface area contributed by atoms with E-state index in [1.807, 2.05) is 53.4 Å². The van der Waals surface area contributed by atoms with E-state index in [-0.39, 0.29) is 18.7 Å². The Kier molecular flexibility index (Phi) is 10.9. The Morgan fingerprint density at radius 3 is 2.69 bits per heavy atom. The van der Waals surface area contributed by atoms with Crippen LogP contribution in [0.1, 0.15) is 55.4 Å². The van der Waals surface area contributed by atoms with Crippen molar-refractivity contribution in [1.29, 1.82) is 0 Å². The van der Waals surface area contributed by atoms with Gasteiger partial charge in [-0.2, -0.15) is 0 Å². The second-order valence-electron chi connectivity index (χ2n) is 12.7. The predicted octanol–water partition coefficient (Wildman–Crippen LogP) is 7.64. The summed E-state index contributed by atoms with van der Waals surface area (Å²) >= 11 is 1.60. The molecule has 0 saturated carbocycles. The van der Waals surface area contributed by atoms with Crippen LogP contribution in [0.15, 0.2) is 78.8 Å². The van der Waals surface area contributed by atoms with Gasteiger partial charge in [-0.05, 0) is 47.6 Å². The molecule has 1 aliphatic rings. The molecule has 252 valence electrons. The Bertz CT molecular complexity index is 1810. The highest BCUT2D eigenvalue weighted by Crippen LogP contribution is 2.29. The lowest BCUT2D eigenvalue weighted by Gasteiger charge is -2.32. The molecule has 48 heavy (non-hydrogen) atoms. The molecule has 2 amide bonds. The van der Waals surface area contributed by atoms with Gasteiger partial charge in [0, 0.05) is 75.3 Å². The second-order valence-corrected chi connectivity index (χ2v) is 13.6. The first-order valence-corrected chi connectivity index (χ1v) is 17.6. The van der Waals surface area contributed by atoms with Crippen LogP contribution < -0.4 is 0 Å². The van der Waals surface area contributed by atoms with E-state index in [2.05, 4.69) is 58.7 Å². The molecule has 0 aliphatic carbocycles. The molecule has 1 fully saturated rings. The van der Waals surface area contributed by atoms with E-state index in [1.54, 1.807) is 27.9 Å². The van der Waals surface area contributed by atoms with Gasteiger partial charge in [-0.25, -0.2) is 19.6 Å². The molecule has 0 N–H and O–H groups in total. The highest BCUT2D eigenvalue weighted by molar-refractivity contribution is 7.09. The third-order valence-electron chi connectivity index (χ3n) is 8.95. The number of hydrogen-bond acceptors (Lipinski definition) is 7. The smallest absolute Gasteiger partial charge is 0.410 e. The quantitative estimate of drug-likeness (QED) is 0.127. The molecule has 0 unspecified atom stereocenters. The number of methoxy groups -OCH3 is 1. The van der Waals surface area contributed by atoms with Crippen molar-refractivity contribution in [1.82, 2.24) is 28.9 Å². The van der Waals surface area contributed by atoms with E-state index in [1.165, 1.54) is 5.39 Å². The Balaban J connectivity index is 1.06. The summed E-state index contributed by atoms with van der Waals surface area (Å²) in [6.07, 6.45) is 9.65. The summed E-state index contributed by atoms with van der Waals surface area (Å²) in [6.45, 7) is 8.06. The normalized spacial score (nSPS) is 13.8. The van der Waals surface area contributed by atoms with E-state index >= 15 is 0 Å². The Labute approximate surface area is 285 Å². The first-order valence-electron chi connectivity index (χ1n) is 16.7. The number of amides is 2. The first kappa shape index (κ1) is 33.4. The third kappa shape index (κ3) is 7.96. The lowest BCUT2D eigenvalue weighted by molar-refractivity contribution is 0.0797. The number of rotatable bonds is 12. The van der Waals surface area contributed by atoms with Crippen LogP contribution in [0.5, 0.6) is 0 Å². The first-order chi connectivity index (χ1) is 23.4. The van der Waals surface area contributed by atoms with Crippen molar-refractivity contribution in [2.45, 2.75) is 58.7 Å². The largest absolute Gasteiger partial charge is 0.443 e. The van der Waals surface area contributed by atoms with Crippen LogP contribution in [0.4, 0.5) is 9.59 Å². The molecule has 3 aromatic heterocycles. The maximum Gasteiger partial charge on any atom is 0.410 e. The molecular weight excluding hydrogens is 625 g/mol. The lowest BCUT2D eigenvalue weighted by atomic mass is 9.97. The number of carbonyl (C=O) groups excluding carboxylic acids is 2. The predicted molar refractivity (Wildman–Crippen MR) is 188 cm³/mol. The third-order valence-corrected chi connectivity index (χ3v) is 10.1. The fraction of sp³-hybridized carbons (Fsp3) is 0.405. The summed E-state index contributed by atoms with van der Waals surface area (Å²) in [4.78, 5) is 39.3. The zero-order valence-electron chi connectivity index (χ0n) is 28.0. The number of piperidine rings is 1. The van der Waals surface area contributed by atoms with Crippen LogP contribution in [0.3, 0.4) is 0 Å². The van der Waals surface area contributed by atoms with Crippen molar-refractivity contribution in [2.75, 3.05) is 33.4 Å². The van der Waals surface area contributed by atoms with Crippen LogP contribution in [0, 0.1) is 5.92 Å². The summed E-state index contributed by atoms with van der Waals surface area (Å²) in [7, 11) is 1.68. The van der Waals surface area contributed by atoms with Gasteiger partial charge in [0.15, 0.2) is 0 Å². The molecule has 0 bridgehead atoms. The minimum Gasteiger partial charge on any atom is -0.443 e. The van der Waals surface area contributed by atoms with Gasteiger partial charge in [0.2, 0.25) is 0 Å². The fourth-order valence-electron chi connectivity index (χ4n) is 6.25. The highest BCUT2D eigenvalue weighted by atomic mass is 32.1. The summed E-state index contributed by atoms with van der Waals surface area (Å²) < 4.78 is 14.7. The summed E-state index contributed by atoms with van der Waals surface area (Å²) in [5.41, 5.74) is 3.88. The number of ether oxygens (including phenoxy) is 2. The Hall–Kier alpha value is -4.48. The van der Waals surface area contributed by atoms with Crippen molar-refractivity contribution < 1.29 is 19.1 Å². The summed E-state index contributed by atoms with van der Waals surface area (Å²) in [5, 5.41) is 5.34. The van der Waals surface area contributed by atoms with Crippen LogP contribution in [-0.4, -0.2) is 74.4 Å². The van der Waals surface area contributed by atoms with Crippen molar-refractivity contribution in [3.05, 3.63) is 95.2 Å². The van der Waals surface area contributed by atoms with E-state index in [0.717, 1.165) is 58.7 Å². The standard InChI is InChI=1S/C37H44N6O4S/c1-27(2)35-39-31(25-48-35)24-47-37(45)40-16-12-28(13-17-40)21-43-26-38-20-32(43)23-41(15-7-19-46-3)36(44)42-18-14-30(22-42)34-11-6-9-29-8-4-5-10-33(29)34/h4-6,8-11,14,18,20,22,25-28H,7,12-13,15-17,19,21,23-24H2,1-3H3. The fourth-order valence-corrected chi connectivity index (χ4v) is 7.07. The van der Waals surface area contributed by atoms with Gasteiger partial charge in [-0.15, -0.1) is 11.3 Å². The van der Waals surface area contributed by atoms with Crippen molar-refractivity contribution in [3.63, 3.8) is 0 Å². The van der Waals surface area contributed by atoms with Crippen molar-refractivity contribution in [3.8, 4) is 11.1 Å². The number of imidazole rings is 1. The number of aromatic nitrogens is 4. The Morgan fingerprint density at radius 1 is 1.08 bits per heavy atom. The monoisotopic (exact) mass is 668 g/mol. The van der Waals surface area contributed by atoms with E-state index in [4.69, 9.17) is 9.47 Å². The van der Waals surface area contributed by atoms with Gasteiger partial charge >= 0.3 is 12.1 Å². The number of thiazole rings is 1. The van der Waals surface area contributed by atoms with E-state index < -0.39 is 0 Å². The maximum absolute atomic E-state index is 13.9. The summed E-state index contributed by atoms with van der Waals surface area (Å²) in [6, 6.07) is 16.5. The molecular formula is C37H44N6O4S. The van der Waals surface area contributed by atoms with Crippen molar-refractivity contribution in [2.24, 2.45) is 5.92 Å². The maximum atomic E-state index is 13.9. The van der Waals surface area contributed by atoms with Crippen molar-refractivity contribution >= 4 is 34.2 Å². The van der Waals surface area contributed by atoms with Crippen LogP contribution >= 0.6 is 11.3 Å². The minimum atomic E-state index is -0.283. The molecule has 4 heterocycles. The topological polar surface area (TPSA) is 94.7 Å². The number of nitrogens with zero attached hydrogens (tertiary/aromatic N) is 6. The highest BCUT2D eigenvalue weighted by Gasteiger charge is 2.26. The van der Waals surface area contributed by atoms with Gasteiger partial charge in [-0.3, -0.25) is 4.57 Å². The average molecular weight is 669 g/mol. The van der Waals surface area contributed by atoms with Crippen LogP contribution in [0.2, 0.25) is 0 Å². The number of likely N-dealkylation sites (tertiary alicyclic amines) is 1. The van der Waals surface area contributed by atoms with Gasteiger partial charge < -0.3 is 23.8 Å². The van der Waals surface area contributed by atoms with Gasteiger partial charge in [0.1, 0.15) is 6.61 Å². The van der Waals surface area contributed by atoms with E-state index in [9.17, 15) is 9.59 Å². The number of carbonyl (C=O) groups is 2. The van der Waals surface area contributed by atoms with Gasteiger partial charge in [-0.1, -0.05) is 56.3 Å².